The number of hydrogen-bond donors (Lipinski definition) is 1. The number of aliphatic hydroxyl groups excluding tert-OH is 1. The fourth-order valence-corrected chi connectivity index (χ4v) is 1.19. The molecule has 13 heavy (non-hydrogen) atoms. The molecule has 0 fully saturated rings. The number of rotatable bonds is 6. The third-order valence-corrected chi connectivity index (χ3v) is 2.50. The van der Waals surface area contributed by atoms with Crippen LogP contribution in [0.3, 0.4) is 0 Å². The molecule has 0 aliphatic carbocycles. The monoisotopic (exact) mass is 186 g/mol. The second-order valence-electron chi connectivity index (χ2n) is 3.92. The highest BCUT2D eigenvalue weighted by Crippen LogP contribution is 2.17. The van der Waals surface area contributed by atoms with Crippen molar-refractivity contribution < 1.29 is 9.84 Å². The van der Waals surface area contributed by atoms with E-state index in [4.69, 9.17) is 4.74 Å². The number of methoxy groups -OCH3 is 1. The Morgan fingerprint density at radius 3 is 2.23 bits per heavy atom. The third kappa shape index (κ3) is 4.44. The van der Waals surface area contributed by atoms with Gasteiger partial charge in [-0.1, -0.05) is 26.8 Å². The van der Waals surface area contributed by atoms with Gasteiger partial charge in [-0.2, -0.15) is 0 Å². The van der Waals surface area contributed by atoms with Crippen LogP contribution in [0.25, 0.3) is 0 Å². The highest BCUT2D eigenvalue weighted by atomic mass is 16.5. The summed E-state index contributed by atoms with van der Waals surface area (Å²) in [7, 11) is 1.68. The average molecular weight is 186 g/mol. The minimum absolute atomic E-state index is 0.0786. The zero-order chi connectivity index (χ0) is 10.4. The summed E-state index contributed by atoms with van der Waals surface area (Å²) in [5.41, 5.74) is 0. The van der Waals surface area contributed by atoms with Crippen molar-refractivity contribution in [2.24, 2.45) is 11.8 Å². The summed E-state index contributed by atoms with van der Waals surface area (Å²) < 4.78 is 5.29. The molecule has 0 saturated heterocycles. The van der Waals surface area contributed by atoms with Crippen molar-refractivity contribution in [2.45, 2.75) is 39.4 Å². The normalized spacial score (nSPS) is 18.3. The Kier molecular flexibility index (Phi) is 6.00. The molecule has 1 N–H and O–H groups in total. The van der Waals surface area contributed by atoms with Gasteiger partial charge in [-0.05, 0) is 5.92 Å². The van der Waals surface area contributed by atoms with E-state index in [0.717, 1.165) is 0 Å². The molecule has 3 atom stereocenters. The summed E-state index contributed by atoms with van der Waals surface area (Å²) in [5, 5.41) is 9.66. The number of aliphatic hydroxyl groups is 1. The summed E-state index contributed by atoms with van der Waals surface area (Å²) in [6.45, 7) is 9.79. The molecule has 0 radical (unpaired) electrons. The first kappa shape index (κ1) is 12.7. The predicted octanol–water partition coefficient (Wildman–Crippen LogP) is 2.23. The Morgan fingerprint density at radius 2 is 1.92 bits per heavy atom. The van der Waals surface area contributed by atoms with E-state index < -0.39 is 0 Å². The lowest BCUT2D eigenvalue weighted by molar-refractivity contribution is 0.00993. The van der Waals surface area contributed by atoms with Crippen molar-refractivity contribution in [2.75, 3.05) is 7.11 Å². The molecule has 0 aliphatic heterocycles. The molecule has 78 valence electrons. The van der Waals surface area contributed by atoms with Gasteiger partial charge in [0.05, 0.1) is 12.2 Å². The van der Waals surface area contributed by atoms with Gasteiger partial charge in [0.1, 0.15) is 0 Å². The summed E-state index contributed by atoms with van der Waals surface area (Å²) in [6.07, 6.45) is 2.34. The number of hydrogen-bond acceptors (Lipinski definition) is 2. The van der Waals surface area contributed by atoms with Crippen molar-refractivity contribution in [3.05, 3.63) is 12.7 Å². The molecule has 0 saturated carbocycles. The zero-order valence-corrected chi connectivity index (χ0v) is 9.16. The molecule has 0 amide bonds. The van der Waals surface area contributed by atoms with E-state index in [0.29, 0.717) is 12.3 Å². The maximum absolute atomic E-state index is 9.66. The van der Waals surface area contributed by atoms with Crippen molar-refractivity contribution in [3.8, 4) is 0 Å². The topological polar surface area (TPSA) is 29.5 Å². The number of ether oxygens (including phenoxy) is 1. The SMILES string of the molecule is C=C[C@H](C)[C@H](C[C@H](O)C(C)C)OC. The lowest BCUT2D eigenvalue weighted by Crippen LogP contribution is -2.27. The molecule has 0 unspecified atom stereocenters. The molecule has 0 rings (SSSR count). The van der Waals surface area contributed by atoms with E-state index in [1.54, 1.807) is 7.11 Å². The first-order chi connectivity index (χ1) is 6.02. The third-order valence-electron chi connectivity index (χ3n) is 2.50. The molecular weight excluding hydrogens is 164 g/mol. The Morgan fingerprint density at radius 1 is 1.38 bits per heavy atom. The van der Waals surface area contributed by atoms with Crippen molar-refractivity contribution in [3.63, 3.8) is 0 Å². The Balaban J connectivity index is 4.04. The standard InChI is InChI=1S/C11H22O2/c1-6-9(4)11(13-5)7-10(12)8(2)3/h6,8-12H,1,7H2,2-5H3/t9-,10-,11-/m0/s1. The van der Waals surface area contributed by atoms with Crippen LogP contribution < -0.4 is 0 Å². The van der Waals surface area contributed by atoms with Crippen LogP contribution in [0.15, 0.2) is 12.7 Å². The van der Waals surface area contributed by atoms with Gasteiger partial charge in [0.25, 0.3) is 0 Å². The minimum Gasteiger partial charge on any atom is -0.393 e. The maximum atomic E-state index is 9.66. The highest BCUT2D eigenvalue weighted by Gasteiger charge is 2.20. The molecule has 0 aromatic carbocycles. The van der Waals surface area contributed by atoms with Crippen LogP contribution in [0.4, 0.5) is 0 Å². The molecule has 0 bridgehead atoms. The zero-order valence-electron chi connectivity index (χ0n) is 9.16. The molecule has 2 nitrogen and oxygen atoms in total. The minimum atomic E-state index is -0.285. The molecular formula is C11H22O2. The van der Waals surface area contributed by atoms with Crippen LogP contribution in [-0.4, -0.2) is 24.4 Å². The Hall–Kier alpha value is -0.340. The lowest BCUT2D eigenvalue weighted by Gasteiger charge is -2.24. The van der Waals surface area contributed by atoms with E-state index >= 15 is 0 Å². The van der Waals surface area contributed by atoms with Crippen LogP contribution >= 0.6 is 0 Å². The Bertz CT molecular complexity index is 143. The molecule has 2 heteroatoms. The summed E-state index contributed by atoms with van der Waals surface area (Å²) in [4.78, 5) is 0. The van der Waals surface area contributed by atoms with Gasteiger partial charge in [-0.3, -0.25) is 0 Å². The molecule has 0 aliphatic rings. The molecule has 0 spiro atoms. The van der Waals surface area contributed by atoms with Crippen LogP contribution in [0, 0.1) is 11.8 Å². The van der Waals surface area contributed by atoms with E-state index in [1.807, 2.05) is 26.8 Å². The first-order valence-corrected chi connectivity index (χ1v) is 4.86. The smallest absolute Gasteiger partial charge is 0.0655 e. The summed E-state index contributed by atoms with van der Waals surface area (Å²) >= 11 is 0. The van der Waals surface area contributed by atoms with Crippen LogP contribution in [-0.2, 0) is 4.74 Å². The van der Waals surface area contributed by atoms with Crippen LogP contribution in [0.1, 0.15) is 27.2 Å². The second kappa shape index (κ2) is 6.17. The molecule has 0 aromatic rings. The van der Waals surface area contributed by atoms with Gasteiger partial charge in [-0.15, -0.1) is 6.58 Å². The van der Waals surface area contributed by atoms with Gasteiger partial charge >= 0.3 is 0 Å². The van der Waals surface area contributed by atoms with Crippen LogP contribution in [0.5, 0.6) is 0 Å². The fraction of sp³-hybridized carbons (Fsp3) is 0.818. The predicted molar refractivity (Wildman–Crippen MR) is 55.6 cm³/mol. The van der Waals surface area contributed by atoms with Crippen molar-refractivity contribution in [1.29, 1.82) is 0 Å². The van der Waals surface area contributed by atoms with E-state index in [2.05, 4.69) is 6.58 Å². The van der Waals surface area contributed by atoms with E-state index in [9.17, 15) is 5.11 Å². The Labute approximate surface area is 81.6 Å². The van der Waals surface area contributed by atoms with Gasteiger partial charge in [0, 0.05) is 19.4 Å². The quantitative estimate of drug-likeness (QED) is 0.645. The summed E-state index contributed by atoms with van der Waals surface area (Å²) in [5.74, 6) is 0.577. The van der Waals surface area contributed by atoms with Gasteiger partial charge < -0.3 is 9.84 Å². The largest absolute Gasteiger partial charge is 0.393 e. The maximum Gasteiger partial charge on any atom is 0.0655 e. The van der Waals surface area contributed by atoms with Gasteiger partial charge in [-0.25, -0.2) is 0 Å². The highest BCUT2D eigenvalue weighted by molar-refractivity contribution is 4.83. The first-order valence-electron chi connectivity index (χ1n) is 4.86. The van der Waals surface area contributed by atoms with Gasteiger partial charge in [0.2, 0.25) is 0 Å². The van der Waals surface area contributed by atoms with Gasteiger partial charge in [0.15, 0.2) is 0 Å². The molecule has 0 aromatic heterocycles. The van der Waals surface area contributed by atoms with Crippen LogP contribution in [0.2, 0.25) is 0 Å². The molecule has 0 heterocycles. The van der Waals surface area contributed by atoms with E-state index in [1.165, 1.54) is 0 Å². The van der Waals surface area contributed by atoms with E-state index in [-0.39, 0.29) is 18.1 Å². The average Bonchev–Trinajstić information content (AvgIpc) is 2.12. The lowest BCUT2D eigenvalue weighted by atomic mass is 9.94. The van der Waals surface area contributed by atoms with Crippen molar-refractivity contribution >= 4 is 0 Å². The van der Waals surface area contributed by atoms with Crippen molar-refractivity contribution in [1.82, 2.24) is 0 Å². The fourth-order valence-electron chi connectivity index (χ4n) is 1.19. The summed E-state index contributed by atoms with van der Waals surface area (Å²) in [6, 6.07) is 0. The second-order valence-corrected chi connectivity index (χ2v) is 3.92.